The van der Waals surface area contributed by atoms with Gasteiger partial charge in [0.25, 0.3) is 0 Å². The number of ether oxygens (including phenoxy) is 1. The Hall–Kier alpha value is -1.51. The maximum absolute atomic E-state index is 6.55. The van der Waals surface area contributed by atoms with Crippen LogP contribution < -0.4 is 4.74 Å². The Labute approximate surface area is 143 Å². The van der Waals surface area contributed by atoms with Crippen molar-refractivity contribution in [3.05, 3.63) is 65.2 Å². The van der Waals surface area contributed by atoms with Crippen LogP contribution in [-0.4, -0.2) is 18.0 Å². The lowest BCUT2D eigenvalue weighted by Crippen LogP contribution is -2.49. The van der Waals surface area contributed by atoms with E-state index in [2.05, 4.69) is 53.4 Å². The van der Waals surface area contributed by atoms with Gasteiger partial charge in [0.1, 0.15) is 5.75 Å². The van der Waals surface area contributed by atoms with Crippen LogP contribution in [0.1, 0.15) is 29.5 Å². The third-order valence-electron chi connectivity index (χ3n) is 5.35. The quantitative estimate of drug-likeness (QED) is 0.821. The largest absolute Gasteiger partial charge is 0.481 e. The highest BCUT2D eigenvalue weighted by Gasteiger charge is 2.46. The first-order valence-corrected chi connectivity index (χ1v) is 8.40. The van der Waals surface area contributed by atoms with Gasteiger partial charge in [0.05, 0.1) is 0 Å². The molecule has 0 bridgehead atoms. The van der Waals surface area contributed by atoms with Gasteiger partial charge in [-0.25, -0.2) is 0 Å². The standard InChI is InChI=1S/C20H21NO.ClH/c1-3-7-18-17(6-1)13-21(12-15-9-10-15)14-20(18)11-16-5-2-4-8-19(16)22-20;/h1-8,15H,9-14H2;1H. The van der Waals surface area contributed by atoms with E-state index in [1.165, 1.54) is 36.1 Å². The van der Waals surface area contributed by atoms with Crippen molar-refractivity contribution in [2.24, 2.45) is 5.92 Å². The molecule has 1 fully saturated rings. The lowest BCUT2D eigenvalue weighted by Gasteiger charge is -2.41. The number of para-hydroxylation sites is 1. The van der Waals surface area contributed by atoms with Gasteiger partial charge in [0.2, 0.25) is 0 Å². The lowest BCUT2D eigenvalue weighted by molar-refractivity contribution is 0.0239. The zero-order valence-electron chi connectivity index (χ0n) is 13.2. The molecule has 1 aliphatic carbocycles. The molecule has 0 aromatic heterocycles. The monoisotopic (exact) mass is 327 g/mol. The summed E-state index contributed by atoms with van der Waals surface area (Å²) < 4.78 is 6.55. The molecule has 1 unspecified atom stereocenters. The molecule has 0 radical (unpaired) electrons. The van der Waals surface area contributed by atoms with E-state index in [1.54, 1.807) is 0 Å². The van der Waals surface area contributed by atoms with Crippen molar-refractivity contribution in [3.63, 3.8) is 0 Å². The molecule has 120 valence electrons. The number of hydrogen-bond donors (Lipinski definition) is 0. The van der Waals surface area contributed by atoms with E-state index in [4.69, 9.17) is 4.74 Å². The van der Waals surface area contributed by atoms with Crippen LogP contribution >= 0.6 is 12.4 Å². The predicted molar refractivity (Wildman–Crippen MR) is 94.1 cm³/mol. The molecule has 1 atom stereocenters. The highest BCUT2D eigenvalue weighted by atomic mass is 35.5. The maximum Gasteiger partial charge on any atom is 0.151 e. The molecule has 23 heavy (non-hydrogen) atoms. The van der Waals surface area contributed by atoms with Crippen LogP contribution in [0.15, 0.2) is 48.5 Å². The first-order valence-electron chi connectivity index (χ1n) is 8.40. The summed E-state index contributed by atoms with van der Waals surface area (Å²) in [5.74, 6) is 2.00. The molecule has 0 amide bonds. The fraction of sp³-hybridized carbons (Fsp3) is 0.400. The number of benzene rings is 2. The van der Waals surface area contributed by atoms with Gasteiger partial charge in [-0.05, 0) is 36.0 Å². The van der Waals surface area contributed by atoms with Gasteiger partial charge in [-0.15, -0.1) is 12.4 Å². The van der Waals surface area contributed by atoms with Gasteiger partial charge in [-0.1, -0.05) is 42.5 Å². The molecule has 3 heteroatoms. The Morgan fingerprint density at radius 2 is 1.74 bits per heavy atom. The lowest BCUT2D eigenvalue weighted by atomic mass is 9.82. The highest BCUT2D eigenvalue weighted by molar-refractivity contribution is 5.85. The summed E-state index contributed by atoms with van der Waals surface area (Å²) in [6, 6.07) is 17.4. The highest BCUT2D eigenvalue weighted by Crippen LogP contribution is 2.46. The molecule has 2 aliphatic heterocycles. The van der Waals surface area contributed by atoms with E-state index in [1.807, 2.05) is 0 Å². The Bertz CT molecular complexity index is 700. The predicted octanol–water partition coefficient (Wildman–Crippen LogP) is 4.16. The molecule has 2 aromatic carbocycles. The molecule has 3 aliphatic rings. The zero-order chi connectivity index (χ0) is 14.6. The molecule has 2 nitrogen and oxygen atoms in total. The summed E-state index contributed by atoms with van der Waals surface area (Å²) in [7, 11) is 0. The number of fused-ring (bicyclic) bond motifs is 3. The first-order chi connectivity index (χ1) is 10.8. The van der Waals surface area contributed by atoms with Gasteiger partial charge in [-0.2, -0.15) is 0 Å². The average molecular weight is 328 g/mol. The fourth-order valence-corrected chi connectivity index (χ4v) is 4.18. The summed E-state index contributed by atoms with van der Waals surface area (Å²) >= 11 is 0. The van der Waals surface area contributed by atoms with E-state index in [0.717, 1.165) is 31.2 Å². The van der Waals surface area contributed by atoms with Crippen LogP contribution in [0.2, 0.25) is 0 Å². The van der Waals surface area contributed by atoms with Crippen molar-refractivity contribution in [1.29, 1.82) is 0 Å². The second-order valence-electron chi connectivity index (χ2n) is 7.15. The third kappa shape index (κ3) is 2.54. The molecule has 0 N–H and O–H groups in total. The molecule has 1 saturated carbocycles. The van der Waals surface area contributed by atoms with Gasteiger partial charge >= 0.3 is 0 Å². The zero-order valence-corrected chi connectivity index (χ0v) is 14.0. The van der Waals surface area contributed by atoms with Crippen LogP contribution in [0.3, 0.4) is 0 Å². The topological polar surface area (TPSA) is 12.5 Å². The third-order valence-corrected chi connectivity index (χ3v) is 5.35. The van der Waals surface area contributed by atoms with Gasteiger partial charge in [-0.3, -0.25) is 4.90 Å². The maximum atomic E-state index is 6.55. The summed E-state index contributed by atoms with van der Waals surface area (Å²) in [6.07, 6.45) is 3.82. The van der Waals surface area contributed by atoms with Crippen LogP contribution in [0.25, 0.3) is 0 Å². The Balaban J connectivity index is 0.00000135. The average Bonchev–Trinajstić information content (AvgIpc) is 3.26. The summed E-state index contributed by atoms with van der Waals surface area (Å²) in [6.45, 7) is 3.33. The van der Waals surface area contributed by atoms with Crippen molar-refractivity contribution >= 4 is 12.4 Å². The SMILES string of the molecule is Cl.c1ccc2c(c1)CC1(CN(CC3CC3)Cc3ccccc31)O2. The minimum absolute atomic E-state index is 0. The molecule has 2 heterocycles. The summed E-state index contributed by atoms with van der Waals surface area (Å²) in [4.78, 5) is 2.62. The van der Waals surface area contributed by atoms with E-state index in [0.29, 0.717) is 0 Å². The molecule has 5 rings (SSSR count). The molecule has 1 spiro atoms. The fourth-order valence-electron chi connectivity index (χ4n) is 4.18. The Morgan fingerprint density at radius 1 is 1.00 bits per heavy atom. The number of rotatable bonds is 2. The van der Waals surface area contributed by atoms with Gasteiger partial charge < -0.3 is 4.74 Å². The second-order valence-corrected chi connectivity index (χ2v) is 7.15. The summed E-state index contributed by atoms with van der Waals surface area (Å²) in [5, 5.41) is 0. The number of halogens is 1. The van der Waals surface area contributed by atoms with Crippen LogP contribution in [-0.2, 0) is 18.6 Å². The minimum atomic E-state index is -0.173. The molecule has 2 aromatic rings. The molecule has 0 saturated heterocycles. The second kappa shape index (κ2) is 5.54. The normalized spacial score (nSPS) is 25.4. The van der Waals surface area contributed by atoms with Crippen LogP contribution in [0, 0.1) is 5.92 Å². The number of hydrogen-bond acceptors (Lipinski definition) is 2. The van der Waals surface area contributed by atoms with Crippen molar-refractivity contribution in [1.82, 2.24) is 4.90 Å². The van der Waals surface area contributed by atoms with E-state index >= 15 is 0 Å². The minimum Gasteiger partial charge on any atom is -0.481 e. The van der Waals surface area contributed by atoms with E-state index in [9.17, 15) is 0 Å². The molecular weight excluding hydrogens is 306 g/mol. The number of nitrogens with zero attached hydrogens (tertiary/aromatic N) is 1. The molecular formula is C20H22ClNO. The smallest absolute Gasteiger partial charge is 0.151 e. The first kappa shape index (κ1) is 15.0. The van der Waals surface area contributed by atoms with E-state index < -0.39 is 0 Å². The Morgan fingerprint density at radius 3 is 2.52 bits per heavy atom. The van der Waals surface area contributed by atoms with Gasteiger partial charge in [0, 0.05) is 31.6 Å². The van der Waals surface area contributed by atoms with Crippen molar-refractivity contribution in [2.45, 2.75) is 31.4 Å². The van der Waals surface area contributed by atoms with Crippen LogP contribution in [0.5, 0.6) is 5.75 Å². The van der Waals surface area contributed by atoms with Crippen molar-refractivity contribution in [2.75, 3.05) is 13.1 Å². The van der Waals surface area contributed by atoms with Crippen LogP contribution in [0.4, 0.5) is 0 Å². The van der Waals surface area contributed by atoms with E-state index in [-0.39, 0.29) is 18.0 Å². The Kier molecular flexibility index (Phi) is 3.62. The van der Waals surface area contributed by atoms with Gasteiger partial charge in [0.15, 0.2) is 5.60 Å². The van der Waals surface area contributed by atoms with Crippen molar-refractivity contribution < 1.29 is 4.74 Å². The van der Waals surface area contributed by atoms with Crippen molar-refractivity contribution in [3.8, 4) is 5.75 Å². The summed E-state index contributed by atoms with van der Waals surface area (Å²) in [5.41, 5.74) is 4.03.